The summed E-state index contributed by atoms with van der Waals surface area (Å²) in [6.45, 7) is 0.521. The van der Waals surface area contributed by atoms with Crippen molar-refractivity contribution in [3.63, 3.8) is 0 Å². The quantitative estimate of drug-likeness (QED) is 0.349. The van der Waals surface area contributed by atoms with Crippen molar-refractivity contribution in [3.05, 3.63) is 66.5 Å². The van der Waals surface area contributed by atoms with Gasteiger partial charge in [0.25, 0.3) is 0 Å². The molecule has 2 aromatic heterocycles. The minimum absolute atomic E-state index is 0.101. The van der Waals surface area contributed by atoms with Crippen LogP contribution < -0.4 is 15.8 Å². The van der Waals surface area contributed by atoms with E-state index < -0.39 is 11.6 Å². The van der Waals surface area contributed by atoms with E-state index in [0.29, 0.717) is 65.2 Å². The van der Waals surface area contributed by atoms with Crippen LogP contribution in [0.25, 0.3) is 33.4 Å². The zero-order valence-corrected chi connectivity index (χ0v) is 18.5. The third kappa shape index (κ3) is 4.93. The predicted molar refractivity (Wildman–Crippen MR) is 126 cm³/mol. The minimum Gasteiger partial charge on any atom is -0.494 e. The van der Waals surface area contributed by atoms with E-state index in [0.717, 1.165) is 6.07 Å². The number of halogens is 2. The standard InChI is InChI=1S/C25H23F2N5O2/c1-34-20-13-16(17-7-4-8-19(26)22(17)27)12-18-23(20)31-24(15-6-5-10-29-14-15)32-25(18)30-11-3-2-9-21(28)33/h4-8,10,12-14H,2-3,9,11H2,1H3,(H2,28,33)(H,30,31,32). The summed E-state index contributed by atoms with van der Waals surface area (Å²) in [5.74, 6) is -0.910. The van der Waals surface area contributed by atoms with Gasteiger partial charge in [0.1, 0.15) is 17.1 Å². The molecule has 0 aliphatic heterocycles. The van der Waals surface area contributed by atoms with Gasteiger partial charge in [0.05, 0.1) is 7.11 Å². The lowest BCUT2D eigenvalue weighted by atomic mass is 10.0. The van der Waals surface area contributed by atoms with Crippen LogP contribution >= 0.6 is 0 Å². The number of pyridine rings is 1. The average molecular weight is 463 g/mol. The lowest BCUT2D eigenvalue weighted by molar-refractivity contribution is -0.118. The molecule has 0 spiro atoms. The molecule has 4 rings (SSSR count). The first kappa shape index (κ1) is 23.0. The number of methoxy groups -OCH3 is 1. The van der Waals surface area contributed by atoms with E-state index in [1.165, 1.54) is 19.2 Å². The second kappa shape index (κ2) is 10.2. The van der Waals surface area contributed by atoms with Crippen molar-refractivity contribution in [2.75, 3.05) is 19.0 Å². The molecule has 1 amide bonds. The third-order valence-corrected chi connectivity index (χ3v) is 5.31. The van der Waals surface area contributed by atoms with Gasteiger partial charge in [-0.05, 0) is 48.7 Å². The number of ether oxygens (including phenoxy) is 1. The molecular formula is C25H23F2N5O2. The topological polar surface area (TPSA) is 103 Å². The van der Waals surface area contributed by atoms with E-state index in [4.69, 9.17) is 10.5 Å². The van der Waals surface area contributed by atoms with E-state index in [9.17, 15) is 13.6 Å². The second-order valence-corrected chi connectivity index (χ2v) is 7.66. The fraction of sp³-hybridized carbons (Fsp3) is 0.200. The monoisotopic (exact) mass is 463 g/mol. The van der Waals surface area contributed by atoms with Gasteiger partial charge in [-0.15, -0.1) is 0 Å². The number of unbranched alkanes of at least 4 members (excludes halogenated alkanes) is 1. The maximum atomic E-state index is 14.6. The highest BCUT2D eigenvalue weighted by Gasteiger charge is 2.18. The van der Waals surface area contributed by atoms with Crippen molar-refractivity contribution in [1.82, 2.24) is 15.0 Å². The molecule has 174 valence electrons. The van der Waals surface area contributed by atoms with Crippen LogP contribution in [0.3, 0.4) is 0 Å². The van der Waals surface area contributed by atoms with E-state index in [1.54, 1.807) is 30.6 Å². The fourth-order valence-electron chi connectivity index (χ4n) is 3.63. The maximum absolute atomic E-state index is 14.6. The number of nitrogens with two attached hydrogens (primary N) is 1. The van der Waals surface area contributed by atoms with Crippen molar-refractivity contribution >= 4 is 22.6 Å². The number of nitrogens with zero attached hydrogens (tertiary/aromatic N) is 3. The average Bonchev–Trinajstić information content (AvgIpc) is 2.85. The number of nitrogens with one attached hydrogen (secondary N) is 1. The predicted octanol–water partition coefficient (Wildman–Crippen LogP) is 4.71. The van der Waals surface area contributed by atoms with Gasteiger partial charge in [-0.1, -0.05) is 12.1 Å². The summed E-state index contributed by atoms with van der Waals surface area (Å²) >= 11 is 0. The SMILES string of the molecule is COc1cc(-c2cccc(F)c2F)cc2c(NCCCCC(N)=O)nc(-c3cccnc3)nc12. The first-order valence-corrected chi connectivity index (χ1v) is 10.7. The summed E-state index contributed by atoms with van der Waals surface area (Å²) in [4.78, 5) is 24.5. The van der Waals surface area contributed by atoms with Crippen molar-refractivity contribution in [2.45, 2.75) is 19.3 Å². The number of benzene rings is 2. The Morgan fingerprint density at radius 3 is 2.68 bits per heavy atom. The molecule has 0 radical (unpaired) electrons. The van der Waals surface area contributed by atoms with Crippen LogP contribution in [-0.4, -0.2) is 34.5 Å². The Hall–Kier alpha value is -4.14. The van der Waals surface area contributed by atoms with Gasteiger partial charge in [0, 0.05) is 41.9 Å². The summed E-state index contributed by atoms with van der Waals surface area (Å²) in [5, 5.41) is 3.86. The molecule has 7 nitrogen and oxygen atoms in total. The molecule has 3 N–H and O–H groups in total. The Morgan fingerprint density at radius 2 is 1.94 bits per heavy atom. The molecule has 0 unspecified atom stereocenters. The molecular weight excluding hydrogens is 440 g/mol. The Kier molecular flexibility index (Phi) is 6.91. The zero-order chi connectivity index (χ0) is 24.1. The minimum atomic E-state index is -0.947. The van der Waals surface area contributed by atoms with Crippen molar-refractivity contribution in [1.29, 1.82) is 0 Å². The third-order valence-electron chi connectivity index (χ3n) is 5.31. The lowest BCUT2D eigenvalue weighted by Gasteiger charge is -2.15. The van der Waals surface area contributed by atoms with Crippen LogP contribution in [-0.2, 0) is 4.79 Å². The van der Waals surface area contributed by atoms with Gasteiger partial charge < -0.3 is 15.8 Å². The number of hydrogen-bond donors (Lipinski definition) is 2. The number of primary amides is 1. The molecule has 0 saturated carbocycles. The van der Waals surface area contributed by atoms with Crippen LogP contribution in [0, 0.1) is 11.6 Å². The van der Waals surface area contributed by atoms with Crippen LogP contribution in [0.5, 0.6) is 5.75 Å². The van der Waals surface area contributed by atoms with Gasteiger partial charge in [-0.3, -0.25) is 9.78 Å². The smallest absolute Gasteiger partial charge is 0.217 e. The Labute approximate surface area is 195 Å². The first-order valence-electron chi connectivity index (χ1n) is 10.7. The number of fused-ring (bicyclic) bond motifs is 1. The number of carbonyl (C=O) groups excluding carboxylic acids is 1. The molecule has 4 aromatic rings. The molecule has 0 saturated heterocycles. The summed E-state index contributed by atoms with van der Waals surface area (Å²) < 4.78 is 34.0. The Bertz CT molecular complexity index is 1330. The van der Waals surface area contributed by atoms with Gasteiger partial charge in [-0.2, -0.15) is 0 Å². The Morgan fingerprint density at radius 1 is 1.09 bits per heavy atom. The van der Waals surface area contributed by atoms with Gasteiger partial charge in [0.2, 0.25) is 5.91 Å². The second-order valence-electron chi connectivity index (χ2n) is 7.66. The van der Waals surface area contributed by atoms with Crippen LogP contribution in [0.15, 0.2) is 54.9 Å². The van der Waals surface area contributed by atoms with Crippen LogP contribution in [0.4, 0.5) is 14.6 Å². The van der Waals surface area contributed by atoms with Gasteiger partial charge in [-0.25, -0.2) is 18.7 Å². The summed E-state index contributed by atoms with van der Waals surface area (Å²) in [6.07, 6.45) is 4.92. The van der Waals surface area contributed by atoms with Gasteiger partial charge in [0.15, 0.2) is 17.5 Å². The number of anilines is 1. The number of amides is 1. The number of carbonyl (C=O) groups is 1. The van der Waals surface area contributed by atoms with E-state index in [2.05, 4.69) is 20.3 Å². The zero-order valence-electron chi connectivity index (χ0n) is 18.5. The Balaban J connectivity index is 1.83. The molecule has 0 aliphatic carbocycles. The number of aromatic nitrogens is 3. The molecule has 34 heavy (non-hydrogen) atoms. The molecule has 9 heteroatoms. The van der Waals surface area contributed by atoms with Crippen LogP contribution in [0.1, 0.15) is 19.3 Å². The highest BCUT2D eigenvalue weighted by Crippen LogP contribution is 2.37. The molecule has 0 fully saturated rings. The molecule has 0 atom stereocenters. The molecule has 0 aliphatic rings. The van der Waals surface area contributed by atoms with Crippen molar-refractivity contribution in [2.24, 2.45) is 5.73 Å². The highest BCUT2D eigenvalue weighted by molar-refractivity contribution is 5.98. The highest BCUT2D eigenvalue weighted by atomic mass is 19.2. The van der Waals surface area contributed by atoms with E-state index >= 15 is 0 Å². The fourth-order valence-corrected chi connectivity index (χ4v) is 3.63. The lowest BCUT2D eigenvalue weighted by Crippen LogP contribution is -2.11. The van der Waals surface area contributed by atoms with E-state index in [-0.39, 0.29) is 11.5 Å². The summed E-state index contributed by atoms with van der Waals surface area (Å²) in [5.41, 5.74) is 6.96. The number of rotatable bonds is 9. The largest absolute Gasteiger partial charge is 0.494 e. The van der Waals surface area contributed by atoms with Crippen molar-refractivity contribution < 1.29 is 18.3 Å². The maximum Gasteiger partial charge on any atom is 0.217 e. The molecule has 0 bridgehead atoms. The number of hydrogen-bond acceptors (Lipinski definition) is 6. The molecule has 2 heterocycles. The van der Waals surface area contributed by atoms with Gasteiger partial charge >= 0.3 is 0 Å². The summed E-state index contributed by atoms with van der Waals surface area (Å²) in [6, 6.07) is 11.0. The molecule has 2 aromatic carbocycles. The van der Waals surface area contributed by atoms with E-state index in [1.807, 2.05) is 6.07 Å². The van der Waals surface area contributed by atoms with Crippen LogP contribution in [0.2, 0.25) is 0 Å². The summed E-state index contributed by atoms with van der Waals surface area (Å²) in [7, 11) is 1.49. The van der Waals surface area contributed by atoms with Crippen molar-refractivity contribution in [3.8, 4) is 28.3 Å². The normalized spacial score (nSPS) is 10.9. The first-order chi connectivity index (χ1) is 16.5.